The summed E-state index contributed by atoms with van der Waals surface area (Å²) in [6, 6.07) is 0. The normalized spacial score (nSPS) is 22.2. The Bertz CT molecular complexity index is 2370. The van der Waals surface area contributed by atoms with Gasteiger partial charge in [-0.2, -0.15) is 11.4 Å². The van der Waals surface area contributed by atoms with Crippen LogP contribution in [0.1, 0.15) is 160 Å². The molecule has 1 saturated heterocycles. The van der Waals surface area contributed by atoms with E-state index < -0.39 is 11.9 Å². The molecule has 1 fully saturated rings. The SMILES string of the molecule is C=Cc1c2[n-]c(c1C)/C=C1\[N-]/C(=C3\c4[n-]c(c(C)c4C(=O)C3C(=O)OC)/C=c3\[n-]/c(c(C)c3CC)=C\2)C(CCC(=O)OC/C=C(\C)CCCC(C)CCCC(C)CC)C1C.[Mg+2]. The Hall–Kier alpha value is -4.28. The molecule has 6 rings (SSSR count). The number of aromatic nitrogens is 3. The molecule has 3 aromatic heterocycles. The monoisotopic (exact) mass is 836 g/mol. The van der Waals surface area contributed by atoms with Gasteiger partial charge < -0.3 is 29.7 Å². The van der Waals surface area contributed by atoms with Gasteiger partial charge in [-0.3, -0.25) is 14.4 Å². The summed E-state index contributed by atoms with van der Waals surface area (Å²) < 4.78 is 11.0. The third-order valence-corrected chi connectivity index (χ3v) is 13.4. The minimum absolute atomic E-state index is 0. The van der Waals surface area contributed by atoms with Gasteiger partial charge in [-0.05, 0) is 88.7 Å². The van der Waals surface area contributed by atoms with Crippen molar-refractivity contribution in [1.82, 2.24) is 15.0 Å². The van der Waals surface area contributed by atoms with Gasteiger partial charge in [0.05, 0.1) is 7.11 Å². The number of hydrogen-bond donors (Lipinski definition) is 0. The number of esters is 2. The van der Waals surface area contributed by atoms with Crippen LogP contribution in [0.15, 0.2) is 29.6 Å². The van der Waals surface area contributed by atoms with E-state index in [-0.39, 0.29) is 59.7 Å². The first-order chi connectivity index (χ1) is 28.7. The van der Waals surface area contributed by atoms with Crippen molar-refractivity contribution in [3.8, 4) is 0 Å². The van der Waals surface area contributed by atoms with E-state index in [4.69, 9.17) is 29.7 Å². The second-order valence-corrected chi connectivity index (χ2v) is 17.5. The Balaban J connectivity index is 0.00000704. The minimum atomic E-state index is -1.22. The maximum absolute atomic E-state index is 14.3. The van der Waals surface area contributed by atoms with Crippen molar-refractivity contribution >= 4 is 70.7 Å². The van der Waals surface area contributed by atoms with Gasteiger partial charge in [-0.15, -0.1) is 33.5 Å². The number of nitrogens with zero attached hydrogens (tertiary/aromatic N) is 4. The van der Waals surface area contributed by atoms with Gasteiger partial charge in [-0.25, -0.2) is 0 Å². The molecule has 3 aliphatic rings. The number of Topliss-reactive ketones (excluding diaryl/α,β-unsaturated/α-hetero) is 1. The molecule has 0 radical (unpaired) electrons. The molecule has 2 aliphatic heterocycles. The molecular weight excluding hydrogens is 773 g/mol. The standard InChI is InChI=1S/C51H65N4O5.Mg/c1-12-28(4)17-15-18-29(5)19-16-20-30(6)23-24-60-44(56)22-21-37-33(9)40-25-38-31(7)35(13-2)42(52-38)26-39-32(8)36(14-3)43(53-39)27-41-34(10)45-49(55-41)46(48(37)54-40)47(50(45)57)51(58)59-11;/h13,23,25-29,33,37,47H,2,12,14-22,24H2,1,3-11H3,(H-,54,55,57);/q-3;+2/p-1/b30-23+,39-26-,40-25-,43-27-;. The van der Waals surface area contributed by atoms with Crippen molar-refractivity contribution in [2.75, 3.05) is 13.7 Å². The number of allylic oxidation sites excluding steroid dienone is 3. The topological polar surface area (TPSA) is 126 Å². The van der Waals surface area contributed by atoms with Crippen molar-refractivity contribution in [1.29, 1.82) is 0 Å². The van der Waals surface area contributed by atoms with Gasteiger partial charge in [0.1, 0.15) is 12.5 Å². The molecule has 3 aromatic rings. The van der Waals surface area contributed by atoms with Gasteiger partial charge in [0.15, 0.2) is 5.78 Å². The van der Waals surface area contributed by atoms with E-state index >= 15 is 0 Å². The molecule has 0 aromatic carbocycles. The zero-order valence-electron chi connectivity index (χ0n) is 38.3. The quantitative estimate of drug-likeness (QED) is 0.0571. The number of carbonyl (C=O) groups excluding carboxylic acids is 3. The van der Waals surface area contributed by atoms with Gasteiger partial charge in [0, 0.05) is 12.0 Å². The van der Waals surface area contributed by atoms with Crippen molar-refractivity contribution in [2.24, 2.45) is 29.6 Å². The van der Waals surface area contributed by atoms with Crippen LogP contribution in [0.25, 0.3) is 35.2 Å². The average Bonchev–Trinajstić information content (AvgIpc) is 3.97. The van der Waals surface area contributed by atoms with Gasteiger partial charge >= 0.3 is 35.0 Å². The van der Waals surface area contributed by atoms with E-state index in [9.17, 15) is 14.4 Å². The molecular formula is C51H64MgN4O5-2. The number of methoxy groups -OCH3 is 1. The number of ketones is 1. The van der Waals surface area contributed by atoms with Gasteiger partial charge in [0.2, 0.25) is 0 Å². The summed E-state index contributed by atoms with van der Waals surface area (Å²) in [5.74, 6) is -1.51. The minimum Gasteiger partial charge on any atom is -0.664 e. The number of hydrogen-bond acceptors (Lipinski definition) is 5. The van der Waals surface area contributed by atoms with Crippen molar-refractivity contribution < 1.29 is 23.9 Å². The first-order valence-electron chi connectivity index (χ1n) is 22.2. The van der Waals surface area contributed by atoms with Crippen LogP contribution in [0, 0.1) is 50.4 Å². The number of fused-ring (bicyclic) bond motifs is 7. The second kappa shape index (κ2) is 20.7. The van der Waals surface area contributed by atoms with Crippen molar-refractivity contribution in [2.45, 2.75) is 127 Å². The van der Waals surface area contributed by atoms with Gasteiger partial charge in [-0.1, -0.05) is 131 Å². The first kappa shape index (κ1) is 47.8. The fourth-order valence-electron chi connectivity index (χ4n) is 9.27. The molecule has 9 nitrogen and oxygen atoms in total. The summed E-state index contributed by atoms with van der Waals surface area (Å²) in [4.78, 5) is 56.4. The molecule has 0 amide bonds. The molecule has 1 aliphatic carbocycles. The van der Waals surface area contributed by atoms with E-state index in [1.54, 1.807) is 0 Å². The Morgan fingerprint density at radius 3 is 2.26 bits per heavy atom. The maximum atomic E-state index is 14.3. The van der Waals surface area contributed by atoms with Crippen molar-refractivity contribution in [3.63, 3.8) is 0 Å². The fourth-order valence-corrected chi connectivity index (χ4v) is 9.27. The van der Waals surface area contributed by atoms with Crippen LogP contribution in [-0.4, -0.2) is 54.5 Å². The van der Waals surface area contributed by atoms with Crippen LogP contribution >= 0.6 is 0 Å². The summed E-state index contributed by atoms with van der Waals surface area (Å²) in [7, 11) is 1.29. The summed E-state index contributed by atoms with van der Waals surface area (Å²) in [5.41, 5.74) is 10.7. The van der Waals surface area contributed by atoms with Crippen LogP contribution in [0.5, 0.6) is 0 Å². The predicted molar refractivity (Wildman–Crippen MR) is 246 cm³/mol. The van der Waals surface area contributed by atoms with E-state index in [2.05, 4.69) is 55.0 Å². The van der Waals surface area contributed by atoms with Crippen LogP contribution < -0.4 is 25.7 Å². The van der Waals surface area contributed by atoms with Crippen LogP contribution in [-0.2, 0) is 25.5 Å². The molecule has 5 heterocycles. The van der Waals surface area contributed by atoms with E-state index in [1.165, 1.54) is 44.8 Å². The zero-order chi connectivity index (χ0) is 43.4. The smallest absolute Gasteiger partial charge is 0.664 e. The Morgan fingerprint density at radius 2 is 1.57 bits per heavy atom. The third-order valence-electron chi connectivity index (χ3n) is 13.4. The summed E-state index contributed by atoms with van der Waals surface area (Å²) in [5, 5.41) is 6.82. The number of ether oxygens (including phenoxy) is 2. The summed E-state index contributed by atoms with van der Waals surface area (Å²) in [6.45, 7) is 23.5. The molecule has 5 unspecified atom stereocenters. The Kier molecular flexibility index (Phi) is 16.2. The fraction of sp³-hybridized carbons (Fsp3) is 0.510. The Morgan fingerprint density at radius 1 is 0.885 bits per heavy atom. The molecule has 5 atom stereocenters. The first-order valence-corrected chi connectivity index (χ1v) is 22.2. The molecule has 322 valence electrons. The number of carbonyl (C=O) groups is 3. The van der Waals surface area contributed by atoms with Crippen LogP contribution in [0.4, 0.5) is 0 Å². The largest absolute Gasteiger partial charge is 2.00 e. The second-order valence-electron chi connectivity index (χ2n) is 17.5. The van der Waals surface area contributed by atoms with E-state index in [0.29, 0.717) is 40.2 Å². The predicted octanol–water partition coefficient (Wildman–Crippen LogP) is 8.95. The molecule has 61 heavy (non-hydrogen) atoms. The summed E-state index contributed by atoms with van der Waals surface area (Å²) in [6.07, 6.45) is 19.5. The molecule has 0 saturated carbocycles. The third kappa shape index (κ3) is 10.0. The number of rotatable bonds is 17. The van der Waals surface area contributed by atoms with Gasteiger partial charge in [0.25, 0.3) is 0 Å². The molecule has 8 bridgehead atoms. The average molecular weight is 837 g/mol. The molecule has 0 N–H and O–H groups in total. The Labute approximate surface area is 379 Å². The van der Waals surface area contributed by atoms with E-state index in [0.717, 1.165) is 81.1 Å². The summed E-state index contributed by atoms with van der Waals surface area (Å²) >= 11 is 0. The van der Waals surface area contributed by atoms with Crippen LogP contribution in [0.3, 0.4) is 0 Å². The molecule has 10 heteroatoms. The van der Waals surface area contributed by atoms with Crippen molar-refractivity contribution in [3.05, 3.63) is 102 Å². The van der Waals surface area contributed by atoms with E-state index in [1.807, 2.05) is 44.2 Å². The molecule has 0 spiro atoms. The maximum Gasteiger partial charge on any atom is 2.00 e. The van der Waals surface area contributed by atoms with Crippen LogP contribution in [0.2, 0.25) is 0 Å². The zero-order valence-corrected chi connectivity index (χ0v) is 39.7.